The van der Waals surface area contributed by atoms with E-state index < -0.39 is 41.2 Å². The molecule has 0 bridgehead atoms. The lowest BCUT2D eigenvalue weighted by Gasteiger charge is -2.19. The van der Waals surface area contributed by atoms with Gasteiger partial charge in [0.25, 0.3) is 23.6 Å². The zero-order valence-electron chi connectivity index (χ0n) is 28.3. The van der Waals surface area contributed by atoms with Crippen molar-refractivity contribution in [3.05, 3.63) is 29.3 Å². The molecule has 1 aromatic carbocycles. The summed E-state index contributed by atoms with van der Waals surface area (Å²) in [6.45, 7) is 5.94. The first kappa shape index (κ1) is 38.2. The molecule has 0 aliphatic carbocycles. The van der Waals surface area contributed by atoms with E-state index in [4.69, 9.17) is 19.1 Å². The Hall–Kier alpha value is -4.29. The number of amides is 4. The molecule has 0 saturated carbocycles. The predicted octanol–water partition coefficient (Wildman–Crippen LogP) is 5.92. The third-order valence-electron chi connectivity index (χ3n) is 7.70. The summed E-state index contributed by atoms with van der Waals surface area (Å²) in [6, 6.07) is 3.75. The van der Waals surface area contributed by atoms with E-state index in [1.54, 1.807) is 0 Å². The van der Waals surface area contributed by atoms with Crippen molar-refractivity contribution in [3.8, 4) is 5.75 Å². The number of carbonyl (C=O) groups is 7. The molecule has 0 aromatic heterocycles. The minimum atomic E-state index is -1.07. The number of hydrogen-bond donors (Lipinski definition) is 0. The third kappa shape index (κ3) is 13.1. The number of rotatable bonds is 20. The number of esters is 1. The van der Waals surface area contributed by atoms with Gasteiger partial charge >= 0.3 is 17.9 Å². The Morgan fingerprint density at radius 3 is 1.35 bits per heavy atom. The SMILES string of the molecule is CC(C)(C)OC(=O)CCCCCCCCCCCCCCOc1cc(C(=O)ON2C(=O)CCC2=O)cc(C(=O)ON2C(=O)CCC2=O)c1. The van der Waals surface area contributed by atoms with Crippen LogP contribution in [-0.2, 0) is 38.4 Å². The first-order valence-corrected chi connectivity index (χ1v) is 17.0. The van der Waals surface area contributed by atoms with Crippen LogP contribution in [0, 0.1) is 0 Å². The average molecular weight is 673 g/mol. The average Bonchev–Trinajstić information content (AvgIpc) is 3.52. The zero-order chi connectivity index (χ0) is 35.1. The molecule has 13 nitrogen and oxygen atoms in total. The van der Waals surface area contributed by atoms with E-state index in [1.165, 1.54) is 37.8 Å². The normalized spacial score (nSPS) is 14.9. The molecule has 2 heterocycles. The summed E-state index contributed by atoms with van der Waals surface area (Å²) in [5, 5.41) is 0.791. The maximum absolute atomic E-state index is 12.8. The van der Waals surface area contributed by atoms with E-state index in [0.29, 0.717) is 23.2 Å². The monoisotopic (exact) mass is 672 g/mol. The van der Waals surface area contributed by atoms with Gasteiger partial charge in [-0.25, -0.2) is 9.59 Å². The van der Waals surface area contributed by atoms with Gasteiger partial charge in [-0.3, -0.25) is 24.0 Å². The molecule has 0 unspecified atom stereocenters. The minimum absolute atomic E-state index is 0.0787. The molecule has 2 saturated heterocycles. The summed E-state index contributed by atoms with van der Waals surface area (Å²) in [7, 11) is 0. The summed E-state index contributed by atoms with van der Waals surface area (Å²) in [4.78, 5) is 95.0. The Kier molecular flexibility index (Phi) is 15.0. The van der Waals surface area contributed by atoms with Gasteiger partial charge in [0.1, 0.15) is 11.4 Å². The Morgan fingerprint density at radius 2 is 0.958 bits per heavy atom. The van der Waals surface area contributed by atoms with Crippen LogP contribution in [-0.4, -0.2) is 63.9 Å². The number of benzene rings is 1. The van der Waals surface area contributed by atoms with Gasteiger partial charge in [-0.15, -0.1) is 10.1 Å². The van der Waals surface area contributed by atoms with E-state index in [-0.39, 0.29) is 48.5 Å². The summed E-state index contributed by atoms with van der Waals surface area (Å²) < 4.78 is 11.1. The van der Waals surface area contributed by atoms with Crippen molar-refractivity contribution in [2.24, 2.45) is 0 Å². The second kappa shape index (κ2) is 18.9. The van der Waals surface area contributed by atoms with Crippen LogP contribution in [0.1, 0.15) is 151 Å². The number of unbranched alkanes of at least 4 members (excludes halogenated alkanes) is 11. The molecule has 2 aliphatic rings. The van der Waals surface area contributed by atoms with E-state index in [2.05, 4.69) is 0 Å². The highest BCUT2D eigenvalue weighted by atomic mass is 16.7. The maximum Gasteiger partial charge on any atom is 0.364 e. The van der Waals surface area contributed by atoms with Gasteiger partial charge in [0, 0.05) is 32.1 Å². The summed E-state index contributed by atoms with van der Waals surface area (Å²) in [6.07, 6.45) is 12.9. The molecule has 0 atom stereocenters. The van der Waals surface area contributed by atoms with Crippen LogP contribution in [0.2, 0.25) is 0 Å². The number of hydroxylamine groups is 4. The molecule has 0 N–H and O–H groups in total. The molecule has 13 heteroatoms. The highest BCUT2D eigenvalue weighted by molar-refractivity contribution is 6.04. The van der Waals surface area contributed by atoms with Crippen molar-refractivity contribution in [3.63, 3.8) is 0 Å². The lowest BCUT2D eigenvalue weighted by atomic mass is 10.0. The minimum Gasteiger partial charge on any atom is -0.494 e. The third-order valence-corrected chi connectivity index (χ3v) is 7.70. The highest BCUT2D eigenvalue weighted by Crippen LogP contribution is 2.23. The Bertz CT molecular complexity index is 1230. The van der Waals surface area contributed by atoms with Crippen LogP contribution in [0.25, 0.3) is 0 Å². The number of imide groups is 2. The molecule has 2 aliphatic heterocycles. The molecule has 4 amide bonds. The fourth-order valence-electron chi connectivity index (χ4n) is 5.23. The van der Waals surface area contributed by atoms with Crippen LogP contribution >= 0.6 is 0 Å². The molecule has 0 radical (unpaired) electrons. The van der Waals surface area contributed by atoms with Gasteiger partial charge in [0.2, 0.25) is 0 Å². The summed E-state index contributed by atoms with van der Waals surface area (Å²) in [5.41, 5.74) is -0.802. The Balaban J connectivity index is 1.36. The van der Waals surface area contributed by atoms with Gasteiger partial charge < -0.3 is 19.1 Å². The van der Waals surface area contributed by atoms with E-state index >= 15 is 0 Å². The molecule has 1 aromatic rings. The van der Waals surface area contributed by atoms with Crippen LogP contribution in [0.15, 0.2) is 18.2 Å². The van der Waals surface area contributed by atoms with E-state index in [0.717, 1.165) is 57.4 Å². The van der Waals surface area contributed by atoms with Crippen molar-refractivity contribution >= 4 is 41.5 Å². The van der Waals surface area contributed by atoms with Crippen molar-refractivity contribution in [1.82, 2.24) is 10.1 Å². The molecule has 3 rings (SSSR count). The second-order valence-electron chi connectivity index (χ2n) is 13.1. The van der Waals surface area contributed by atoms with Gasteiger partial charge in [0.05, 0.1) is 17.7 Å². The first-order valence-electron chi connectivity index (χ1n) is 17.0. The van der Waals surface area contributed by atoms with Gasteiger partial charge in [0.15, 0.2) is 0 Å². The molecule has 48 heavy (non-hydrogen) atoms. The van der Waals surface area contributed by atoms with Crippen molar-refractivity contribution < 1.29 is 52.7 Å². The van der Waals surface area contributed by atoms with Crippen molar-refractivity contribution in [1.29, 1.82) is 0 Å². The van der Waals surface area contributed by atoms with E-state index in [9.17, 15) is 33.6 Å². The van der Waals surface area contributed by atoms with Gasteiger partial charge in [-0.1, -0.05) is 64.2 Å². The number of carbonyl (C=O) groups excluding carboxylic acids is 7. The zero-order valence-corrected chi connectivity index (χ0v) is 28.3. The highest BCUT2D eigenvalue weighted by Gasteiger charge is 2.35. The smallest absolute Gasteiger partial charge is 0.364 e. The van der Waals surface area contributed by atoms with E-state index in [1.807, 2.05) is 20.8 Å². The quantitative estimate of drug-likeness (QED) is 0.0918. The molecule has 2 fully saturated rings. The van der Waals surface area contributed by atoms with Crippen molar-refractivity contribution in [2.75, 3.05) is 6.61 Å². The maximum atomic E-state index is 12.8. The fourth-order valence-corrected chi connectivity index (χ4v) is 5.23. The van der Waals surface area contributed by atoms with Crippen LogP contribution < -0.4 is 4.74 Å². The molecule has 0 spiro atoms. The van der Waals surface area contributed by atoms with Crippen LogP contribution in [0.4, 0.5) is 0 Å². The van der Waals surface area contributed by atoms with Gasteiger partial charge in [-0.05, 0) is 51.8 Å². The number of hydrogen-bond acceptors (Lipinski definition) is 11. The first-order chi connectivity index (χ1) is 22.8. The lowest BCUT2D eigenvalue weighted by Crippen LogP contribution is -2.33. The molecular weight excluding hydrogens is 624 g/mol. The Morgan fingerprint density at radius 1 is 0.583 bits per heavy atom. The topological polar surface area (TPSA) is 163 Å². The second-order valence-corrected chi connectivity index (χ2v) is 13.1. The number of ether oxygens (including phenoxy) is 2. The number of nitrogens with zero attached hydrogens (tertiary/aromatic N) is 2. The summed E-state index contributed by atoms with van der Waals surface area (Å²) >= 11 is 0. The predicted molar refractivity (Wildman–Crippen MR) is 171 cm³/mol. The standard InChI is InChI=1S/C35H48N2O11/c1-35(2,3)46-32(42)16-14-12-10-8-6-4-5-7-9-11-13-15-21-45-27-23-25(33(43)47-36-28(38)17-18-29(36)39)22-26(24-27)34(44)48-37-30(40)19-20-31(37)41/h22-24H,4-21H2,1-3H3. The van der Waals surface area contributed by atoms with Crippen LogP contribution in [0.5, 0.6) is 5.75 Å². The molecular formula is C35H48N2O11. The van der Waals surface area contributed by atoms with Crippen molar-refractivity contribution in [2.45, 2.75) is 136 Å². The molecule has 264 valence electrons. The van der Waals surface area contributed by atoms with Crippen LogP contribution in [0.3, 0.4) is 0 Å². The fraction of sp³-hybridized carbons (Fsp3) is 0.629. The summed E-state index contributed by atoms with van der Waals surface area (Å²) in [5.74, 6) is -4.75. The largest absolute Gasteiger partial charge is 0.494 e. The van der Waals surface area contributed by atoms with Gasteiger partial charge in [-0.2, -0.15) is 0 Å². The lowest BCUT2D eigenvalue weighted by molar-refractivity contribution is -0.173. The Labute approximate surface area is 281 Å².